The lowest BCUT2D eigenvalue weighted by Gasteiger charge is -2.34. The first-order valence-electron chi connectivity index (χ1n) is 6.27. The minimum Gasteiger partial charge on any atom is -0.480 e. The molecular formula is C12H22N2O3S. The Kier molecular flexibility index (Phi) is 5.95. The van der Waals surface area contributed by atoms with Gasteiger partial charge in [0.25, 0.3) is 0 Å². The lowest BCUT2D eigenvalue weighted by Crippen LogP contribution is -2.59. The van der Waals surface area contributed by atoms with Gasteiger partial charge in [0.2, 0.25) is 5.91 Å². The molecule has 1 saturated heterocycles. The maximum atomic E-state index is 12.2. The second-order valence-corrected chi connectivity index (χ2v) is 5.85. The molecule has 104 valence electrons. The van der Waals surface area contributed by atoms with Gasteiger partial charge in [0.05, 0.1) is 5.54 Å². The molecule has 0 saturated carbocycles. The molecule has 6 heteroatoms. The highest BCUT2D eigenvalue weighted by Gasteiger charge is 2.36. The summed E-state index contributed by atoms with van der Waals surface area (Å²) in [6.45, 7) is 2.65. The topological polar surface area (TPSA) is 78.4 Å². The molecular weight excluding hydrogens is 252 g/mol. The Bertz CT molecular complexity index is 304. The van der Waals surface area contributed by atoms with Crippen LogP contribution in [0.2, 0.25) is 0 Å². The zero-order chi connectivity index (χ0) is 13.6. The fourth-order valence-electron chi connectivity index (χ4n) is 2.06. The van der Waals surface area contributed by atoms with Crippen LogP contribution in [0.5, 0.6) is 0 Å². The van der Waals surface area contributed by atoms with Crippen LogP contribution < -0.4 is 10.6 Å². The van der Waals surface area contributed by atoms with E-state index >= 15 is 0 Å². The van der Waals surface area contributed by atoms with Gasteiger partial charge in [-0.15, -0.1) is 0 Å². The van der Waals surface area contributed by atoms with E-state index in [9.17, 15) is 9.59 Å². The molecule has 0 aromatic carbocycles. The van der Waals surface area contributed by atoms with Gasteiger partial charge in [-0.25, -0.2) is 4.79 Å². The summed E-state index contributed by atoms with van der Waals surface area (Å²) in [5.41, 5.74) is -0.620. The maximum Gasteiger partial charge on any atom is 0.326 e. The standard InChI is InChI=1S/C12H22N2O3S/c1-12(6-3-4-7-13-12)11(17)14-9(10(15)16)5-8-18-2/h9,13H,3-8H2,1-2H3,(H,14,17)(H,15,16)/t9-,12?/m1/s1. The van der Waals surface area contributed by atoms with Crippen LogP contribution in [0, 0.1) is 0 Å². The molecule has 1 amide bonds. The van der Waals surface area contributed by atoms with E-state index in [1.807, 2.05) is 13.2 Å². The van der Waals surface area contributed by atoms with Crippen LogP contribution in [0.3, 0.4) is 0 Å². The molecule has 0 aromatic heterocycles. The van der Waals surface area contributed by atoms with Crippen LogP contribution in [-0.4, -0.2) is 47.1 Å². The monoisotopic (exact) mass is 274 g/mol. The molecule has 1 fully saturated rings. The predicted molar refractivity (Wildman–Crippen MR) is 72.8 cm³/mol. The van der Waals surface area contributed by atoms with Crippen molar-refractivity contribution in [3.8, 4) is 0 Å². The summed E-state index contributed by atoms with van der Waals surface area (Å²) >= 11 is 1.58. The van der Waals surface area contributed by atoms with Crippen molar-refractivity contribution in [3.63, 3.8) is 0 Å². The predicted octanol–water partition coefficient (Wildman–Crippen LogP) is 0.841. The second kappa shape index (κ2) is 6.99. The Morgan fingerprint density at radius 3 is 2.72 bits per heavy atom. The van der Waals surface area contributed by atoms with Gasteiger partial charge in [-0.05, 0) is 51.2 Å². The van der Waals surface area contributed by atoms with Gasteiger partial charge < -0.3 is 15.7 Å². The van der Waals surface area contributed by atoms with Crippen molar-refractivity contribution in [3.05, 3.63) is 0 Å². The Labute approximate surface area is 112 Å². The Hall–Kier alpha value is -0.750. The van der Waals surface area contributed by atoms with Crippen LogP contribution in [0.25, 0.3) is 0 Å². The van der Waals surface area contributed by atoms with Crippen molar-refractivity contribution in [2.75, 3.05) is 18.6 Å². The number of aliphatic carboxylic acids is 1. The Balaban J connectivity index is 2.56. The van der Waals surface area contributed by atoms with E-state index in [2.05, 4.69) is 10.6 Å². The van der Waals surface area contributed by atoms with Gasteiger partial charge >= 0.3 is 5.97 Å². The average Bonchev–Trinajstić information content (AvgIpc) is 2.34. The van der Waals surface area contributed by atoms with Gasteiger partial charge in [-0.3, -0.25) is 4.79 Å². The number of hydrogen-bond donors (Lipinski definition) is 3. The first-order valence-corrected chi connectivity index (χ1v) is 7.67. The van der Waals surface area contributed by atoms with E-state index < -0.39 is 17.6 Å². The number of amides is 1. The number of carbonyl (C=O) groups excluding carboxylic acids is 1. The van der Waals surface area contributed by atoms with Crippen molar-refractivity contribution in [2.24, 2.45) is 0 Å². The van der Waals surface area contributed by atoms with Crippen LogP contribution in [-0.2, 0) is 9.59 Å². The van der Waals surface area contributed by atoms with Crippen molar-refractivity contribution in [1.82, 2.24) is 10.6 Å². The fraction of sp³-hybridized carbons (Fsp3) is 0.833. The minimum absolute atomic E-state index is 0.198. The third-order valence-corrected chi connectivity index (χ3v) is 3.98. The van der Waals surface area contributed by atoms with E-state index in [0.717, 1.165) is 31.6 Å². The van der Waals surface area contributed by atoms with Crippen molar-refractivity contribution in [1.29, 1.82) is 0 Å². The highest BCUT2D eigenvalue weighted by molar-refractivity contribution is 7.98. The van der Waals surface area contributed by atoms with Gasteiger partial charge in [-0.1, -0.05) is 0 Å². The smallest absolute Gasteiger partial charge is 0.326 e. The third-order valence-electron chi connectivity index (χ3n) is 3.33. The van der Waals surface area contributed by atoms with Crippen LogP contribution in [0.4, 0.5) is 0 Å². The van der Waals surface area contributed by atoms with Crippen LogP contribution >= 0.6 is 11.8 Å². The molecule has 1 unspecified atom stereocenters. The number of carboxylic acids is 1. The molecule has 0 radical (unpaired) electrons. The van der Waals surface area contributed by atoms with Gasteiger partial charge in [-0.2, -0.15) is 11.8 Å². The average molecular weight is 274 g/mol. The quantitative estimate of drug-likeness (QED) is 0.669. The van der Waals surface area contributed by atoms with Gasteiger partial charge in [0.1, 0.15) is 6.04 Å². The van der Waals surface area contributed by atoms with Gasteiger partial charge in [0.15, 0.2) is 0 Å². The zero-order valence-electron chi connectivity index (χ0n) is 11.0. The third kappa shape index (κ3) is 4.17. The first-order chi connectivity index (χ1) is 8.49. The molecule has 0 aromatic rings. The fourth-order valence-corrected chi connectivity index (χ4v) is 2.53. The lowest BCUT2D eigenvalue weighted by atomic mass is 9.89. The lowest BCUT2D eigenvalue weighted by molar-refractivity contribution is -0.143. The molecule has 1 rings (SSSR count). The normalized spacial score (nSPS) is 25.4. The number of nitrogens with one attached hydrogen (secondary N) is 2. The molecule has 3 N–H and O–H groups in total. The molecule has 1 aliphatic heterocycles. The first kappa shape index (κ1) is 15.3. The molecule has 1 heterocycles. The number of hydrogen-bond acceptors (Lipinski definition) is 4. The summed E-state index contributed by atoms with van der Waals surface area (Å²) in [6.07, 6.45) is 5.20. The minimum atomic E-state index is -0.961. The molecule has 2 atom stereocenters. The van der Waals surface area contributed by atoms with Crippen LogP contribution in [0.1, 0.15) is 32.6 Å². The van der Waals surface area contributed by atoms with Crippen molar-refractivity contribution in [2.45, 2.75) is 44.2 Å². The van der Waals surface area contributed by atoms with E-state index in [4.69, 9.17) is 5.11 Å². The summed E-state index contributed by atoms with van der Waals surface area (Å²) in [6, 6.07) is -0.787. The summed E-state index contributed by atoms with van der Waals surface area (Å²) in [4.78, 5) is 23.2. The number of carbonyl (C=O) groups is 2. The van der Waals surface area contributed by atoms with Crippen molar-refractivity contribution >= 4 is 23.6 Å². The number of thioether (sulfide) groups is 1. The largest absolute Gasteiger partial charge is 0.480 e. The van der Waals surface area contributed by atoms with Crippen LogP contribution in [0.15, 0.2) is 0 Å². The second-order valence-electron chi connectivity index (χ2n) is 4.86. The Morgan fingerprint density at radius 2 is 2.22 bits per heavy atom. The van der Waals surface area contributed by atoms with E-state index in [0.29, 0.717) is 6.42 Å². The number of rotatable bonds is 6. The zero-order valence-corrected chi connectivity index (χ0v) is 11.8. The van der Waals surface area contributed by atoms with Gasteiger partial charge in [0, 0.05) is 0 Å². The SMILES string of the molecule is CSCC[C@@H](NC(=O)C1(C)CCCCN1)C(=O)O. The molecule has 0 aliphatic carbocycles. The highest BCUT2D eigenvalue weighted by Crippen LogP contribution is 2.19. The molecule has 0 bridgehead atoms. The van der Waals surface area contributed by atoms with E-state index in [-0.39, 0.29) is 5.91 Å². The molecule has 18 heavy (non-hydrogen) atoms. The van der Waals surface area contributed by atoms with E-state index in [1.165, 1.54) is 0 Å². The molecule has 0 spiro atoms. The summed E-state index contributed by atoms with van der Waals surface area (Å²) < 4.78 is 0. The number of carboxylic acid groups (broad SMARTS) is 1. The number of piperidine rings is 1. The maximum absolute atomic E-state index is 12.2. The molecule has 5 nitrogen and oxygen atoms in total. The Morgan fingerprint density at radius 1 is 1.50 bits per heavy atom. The highest BCUT2D eigenvalue weighted by atomic mass is 32.2. The van der Waals surface area contributed by atoms with E-state index in [1.54, 1.807) is 11.8 Å². The van der Waals surface area contributed by atoms with Crippen molar-refractivity contribution < 1.29 is 14.7 Å². The summed E-state index contributed by atoms with van der Waals surface area (Å²) in [5.74, 6) is -0.436. The summed E-state index contributed by atoms with van der Waals surface area (Å²) in [5, 5.41) is 14.9. The summed E-state index contributed by atoms with van der Waals surface area (Å²) in [7, 11) is 0. The molecule has 1 aliphatic rings.